The van der Waals surface area contributed by atoms with E-state index in [4.69, 9.17) is 0 Å². The van der Waals surface area contributed by atoms with Crippen molar-refractivity contribution < 1.29 is 9.59 Å². The van der Waals surface area contributed by atoms with E-state index in [2.05, 4.69) is 20.3 Å². The van der Waals surface area contributed by atoms with Crippen molar-refractivity contribution >= 4 is 17.9 Å². The molecule has 0 unspecified atom stereocenters. The number of aryl methyl sites for hydroxylation is 1. The number of rotatable bonds is 5. The lowest BCUT2D eigenvalue weighted by Crippen LogP contribution is -2.09. The zero-order valence-corrected chi connectivity index (χ0v) is 10.2. The standard InChI is InChI=1S/C12H12N4O3/c1-2-8-10(16-12(19)15-8)11(18)9-4-3-7(5-13-9)14-6-17/h3-6H,2H2,1H3,(H,14,17)(H2,15,16,19). The van der Waals surface area contributed by atoms with Crippen LogP contribution in [-0.2, 0) is 11.2 Å². The van der Waals surface area contributed by atoms with Crippen molar-refractivity contribution in [2.75, 3.05) is 5.32 Å². The molecule has 2 aromatic rings. The lowest BCUT2D eigenvalue weighted by atomic mass is 10.1. The van der Waals surface area contributed by atoms with Crippen molar-refractivity contribution in [2.45, 2.75) is 13.3 Å². The number of hydrogen-bond donors (Lipinski definition) is 3. The molecule has 2 rings (SSSR count). The number of nitrogens with one attached hydrogen (secondary N) is 3. The second kappa shape index (κ2) is 5.30. The largest absolute Gasteiger partial charge is 0.327 e. The highest BCUT2D eigenvalue weighted by Gasteiger charge is 2.17. The molecule has 19 heavy (non-hydrogen) atoms. The van der Waals surface area contributed by atoms with E-state index < -0.39 is 5.69 Å². The molecular formula is C12H12N4O3. The second-order valence-electron chi connectivity index (χ2n) is 3.81. The Morgan fingerprint density at radius 3 is 2.79 bits per heavy atom. The predicted octanol–water partition coefficient (Wildman–Crippen LogP) is 0.460. The Labute approximate surface area is 108 Å². The Bertz CT molecular complexity index is 654. The quantitative estimate of drug-likeness (QED) is 0.536. The minimum atomic E-state index is -0.417. The zero-order valence-electron chi connectivity index (χ0n) is 10.2. The molecule has 0 aliphatic rings. The molecule has 3 N–H and O–H groups in total. The van der Waals surface area contributed by atoms with Gasteiger partial charge in [-0.25, -0.2) is 4.79 Å². The molecule has 0 aliphatic heterocycles. The van der Waals surface area contributed by atoms with Crippen LogP contribution in [0.2, 0.25) is 0 Å². The lowest BCUT2D eigenvalue weighted by Gasteiger charge is -2.02. The van der Waals surface area contributed by atoms with Gasteiger partial charge in [-0.15, -0.1) is 0 Å². The topological polar surface area (TPSA) is 108 Å². The molecular weight excluding hydrogens is 248 g/mol. The van der Waals surface area contributed by atoms with Gasteiger partial charge < -0.3 is 15.3 Å². The fourth-order valence-electron chi connectivity index (χ4n) is 1.69. The van der Waals surface area contributed by atoms with Crippen LogP contribution in [0.15, 0.2) is 23.1 Å². The fraction of sp³-hybridized carbons (Fsp3) is 0.167. The third kappa shape index (κ3) is 2.59. The van der Waals surface area contributed by atoms with Crippen LogP contribution in [-0.4, -0.2) is 27.1 Å². The van der Waals surface area contributed by atoms with E-state index in [9.17, 15) is 14.4 Å². The van der Waals surface area contributed by atoms with Gasteiger partial charge in [0.15, 0.2) is 0 Å². The molecule has 0 radical (unpaired) electrons. The number of pyridine rings is 1. The Hall–Kier alpha value is -2.70. The summed E-state index contributed by atoms with van der Waals surface area (Å²) in [6.07, 6.45) is 2.43. The highest BCUT2D eigenvalue weighted by atomic mass is 16.1. The van der Waals surface area contributed by atoms with E-state index >= 15 is 0 Å². The first-order valence-electron chi connectivity index (χ1n) is 5.67. The summed E-state index contributed by atoms with van der Waals surface area (Å²) >= 11 is 0. The summed E-state index contributed by atoms with van der Waals surface area (Å²) < 4.78 is 0. The molecule has 0 bridgehead atoms. The SMILES string of the molecule is CCc1[nH]c(=O)[nH]c1C(=O)c1ccc(NC=O)cn1. The lowest BCUT2D eigenvalue weighted by molar-refractivity contribution is -0.105. The number of anilines is 1. The Morgan fingerprint density at radius 1 is 1.42 bits per heavy atom. The molecule has 0 spiro atoms. The van der Waals surface area contributed by atoms with Gasteiger partial charge in [0.05, 0.1) is 11.9 Å². The van der Waals surface area contributed by atoms with E-state index in [1.165, 1.54) is 12.3 Å². The maximum Gasteiger partial charge on any atom is 0.323 e. The smallest absolute Gasteiger partial charge is 0.323 e. The van der Waals surface area contributed by atoms with Gasteiger partial charge >= 0.3 is 5.69 Å². The minimum absolute atomic E-state index is 0.196. The number of aromatic nitrogens is 3. The molecule has 7 nitrogen and oxygen atoms in total. The number of carbonyl (C=O) groups excluding carboxylic acids is 2. The fourth-order valence-corrected chi connectivity index (χ4v) is 1.69. The maximum atomic E-state index is 12.2. The molecule has 7 heteroatoms. The number of hydrogen-bond acceptors (Lipinski definition) is 4. The van der Waals surface area contributed by atoms with Gasteiger partial charge in [-0.2, -0.15) is 0 Å². The number of nitrogens with zero attached hydrogens (tertiary/aromatic N) is 1. The number of ketones is 1. The Balaban J connectivity index is 2.32. The van der Waals surface area contributed by atoms with Crippen LogP contribution in [0, 0.1) is 0 Å². The van der Waals surface area contributed by atoms with Gasteiger partial charge in [-0.1, -0.05) is 6.92 Å². The Morgan fingerprint density at radius 2 is 2.21 bits per heavy atom. The first kappa shape index (κ1) is 12.7. The molecule has 2 aromatic heterocycles. The van der Waals surface area contributed by atoms with Gasteiger partial charge in [0.1, 0.15) is 11.4 Å². The molecule has 98 valence electrons. The van der Waals surface area contributed by atoms with Gasteiger partial charge in [-0.05, 0) is 18.6 Å². The van der Waals surface area contributed by atoms with E-state index in [1.807, 2.05) is 6.92 Å². The number of H-pyrrole nitrogens is 2. The first-order chi connectivity index (χ1) is 9.15. The molecule has 0 fully saturated rings. The summed E-state index contributed by atoms with van der Waals surface area (Å²) in [6, 6.07) is 3.05. The summed E-state index contributed by atoms with van der Waals surface area (Å²) in [6.45, 7) is 1.83. The third-order valence-electron chi connectivity index (χ3n) is 2.61. The van der Waals surface area contributed by atoms with Crippen LogP contribution in [0.4, 0.5) is 5.69 Å². The van der Waals surface area contributed by atoms with Crippen LogP contribution in [0.25, 0.3) is 0 Å². The minimum Gasteiger partial charge on any atom is -0.327 e. The normalized spacial score (nSPS) is 10.2. The predicted molar refractivity (Wildman–Crippen MR) is 68.1 cm³/mol. The van der Waals surface area contributed by atoms with Crippen molar-refractivity contribution in [3.63, 3.8) is 0 Å². The monoisotopic (exact) mass is 260 g/mol. The second-order valence-corrected chi connectivity index (χ2v) is 3.81. The summed E-state index contributed by atoms with van der Waals surface area (Å²) in [5, 5.41) is 2.42. The zero-order chi connectivity index (χ0) is 13.8. The van der Waals surface area contributed by atoms with Crippen LogP contribution >= 0.6 is 0 Å². The highest BCUT2D eigenvalue weighted by Crippen LogP contribution is 2.11. The Kier molecular flexibility index (Phi) is 3.56. The number of carbonyl (C=O) groups is 2. The van der Waals surface area contributed by atoms with Gasteiger partial charge in [0.2, 0.25) is 12.2 Å². The first-order valence-corrected chi connectivity index (χ1v) is 5.67. The van der Waals surface area contributed by atoms with Crippen molar-refractivity contribution in [3.8, 4) is 0 Å². The summed E-state index contributed by atoms with van der Waals surface area (Å²) in [4.78, 5) is 42.6. The maximum absolute atomic E-state index is 12.2. The highest BCUT2D eigenvalue weighted by molar-refractivity contribution is 6.07. The number of amides is 1. The van der Waals surface area contributed by atoms with Crippen LogP contribution in [0.1, 0.15) is 28.8 Å². The average molecular weight is 260 g/mol. The van der Waals surface area contributed by atoms with Crippen molar-refractivity contribution in [1.29, 1.82) is 0 Å². The molecule has 0 aromatic carbocycles. The molecule has 0 atom stereocenters. The van der Waals surface area contributed by atoms with E-state index in [0.717, 1.165) is 0 Å². The molecule has 2 heterocycles. The summed E-state index contributed by atoms with van der Waals surface area (Å²) in [5.41, 5.74) is 1.04. The van der Waals surface area contributed by atoms with Crippen LogP contribution < -0.4 is 11.0 Å². The van der Waals surface area contributed by atoms with E-state index in [1.54, 1.807) is 6.07 Å². The molecule has 1 amide bonds. The summed E-state index contributed by atoms with van der Waals surface area (Å²) in [7, 11) is 0. The number of imidazole rings is 1. The summed E-state index contributed by atoms with van der Waals surface area (Å²) in [5.74, 6) is -0.368. The van der Waals surface area contributed by atoms with Crippen molar-refractivity contribution in [1.82, 2.24) is 15.0 Å². The number of aromatic amines is 2. The van der Waals surface area contributed by atoms with E-state index in [-0.39, 0.29) is 17.2 Å². The van der Waals surface area contributed by atoms with Crippen LogP contribution in [0.3, 0.4) is 0 Å². The average Bonchev–Trinajstić information content (AvgIpc) is 2.80. The molecule has 0 saturated carbocycles. The van der Waals surface area contributed by atoms with Crippen molar-refractivity contribution in [2.24, 2.45) is 0 Å². The van der Waals surface area contributed by atoms with E-state index in [0.29, 0.717) is 24.2 Å². The molecule has 0 saturated heterocycles. The van der Waals surface area contributed by atoms with Gasteiger partial charge in [0, 0.05) is 5.69 Å². The van der Waals surface area contributed by atoms with Gasteiger partial charge in [-0.3, -0.25) is 14.6 Å². The van der Waals surface area contributed by atoms with Gasteiger partial charge in [0.25, 0.3) is 0 Å². The van der Waals surface area contributed by atoms with Crippen LogP contribution in [0.5, 0.6) is 0 Å². The molecule has 0 aliphatic carbocycles. The third-order valence-corrected chi connectivity index (χ3v) is 2.61. The van der Waals surface area contributed by atoms with Crippen molar-refractivity contribution in [3.05, 3.63) is 45.9 Å².